The Labute approximate surface area is 110 Å². The van der Waals surface area contributed by atoms with Crippen molar-refractivity contribution in [3.05, 3.63) is 36.2 Å². The number of ether oxygens (including phenoxy) is 1. The highest BCUT2D eigenvalue weighted by molar-refractivity contribution is 7.99. The van der Waals surface area contributed by atoms with E-state index in [0.29, 0.717) is 0 Å². The first-order valence-electron chi connectivity index (χ1n) is 5.63. The molecule has 1 aromatic heterocycles. The van der Waals surface area contributed by atoms with Crippen molar-refractivity contribution < 1.29 is 14.4 Å². The van der Waals surface area contributed by atoms with Crippen LogP contribution in [0, 0.1) is 0 Å². The van der Waals surface area contributed by atoms with Crippen LogP contribution in [0.2, 0.25) is 0 Å². The predicted octanol–water partition coefficient (Wildman–Crippen LogP) is 3.09. The third kappa shape index (κ3) is 2.75. The van der Waals surface area contributed by atoms with E-state index in [1.165, 1.54) is 7.11 Å². The number of nitrogens with zero attached hydrogens (tertiary/aromatic N) is 1. The van der Waals surface area contributed by atoms with Crippen LogP contribution in [0.1, 0.15) is 18.8 Å². The largest absolute Gasteiger partial charge is 0.364 e. The number of aliphatic hydroxyl groups is 1. The average molecular weight is 265 g/mol. The van der Waals surface area contributed by atoms with Gasteiger partial charge in [-0.05, 0) is 17.4 Å². The number of hydrogen-bond donors (Lipinski definition) is 1. The molecule has 0 fully saturated rings. The van der Waals surface area contributed by atoms with Crippen LogP contribution in [0.15, 0.2) is 40.1 Å². The second kappa shape index (κ2) is 6.04. The molecular weight excluding hydrogens is 250 g/mol. The van der Waals surface area contributed by atoms with Gasteiger partial charge in [0.2, 0.25) is 0 Å². The molecule has 2 aromatic rings. The molecule has 0 spiro atoms. The first-order valence-corrected chi connectivity index (χ1v) is 6.62. The molecule has 1 atom stereocenters. The van der Waals surface area contributed by atoms with Crippen molar-refractivity contribution in [1.82, 2.24) is 5.16 Å². The molecule has 1 aromatic carbocycles. The van der Waals surface area contributed by atoms with Crippen molar-refractivity contribution in [2.45, 2.75) is 18.1 Å². The lowest BCUT2D eigenvalue weighted by Gasteiger charge is -2.14. The molecular formula is C13H15NO3S. The first kappa shape index (κ1) is 13.1. The molecule has 2 rings (SSSR count). The molecule has 18 heavy (non-hydrogen) atoms. The van der Waals surface area contributed by atoms with Crippen LogP contribution >= 0.6 is 11.8 Å². The molecule has 4 nitrogen and oxygen atoms in total. The standard InChI is InChI=1S/C13H15NO3S/c1-3-18-12-6-9(10-7-14-17-8-10)4-5-11(12)13(15)16-2/h4-8,13,15H,3H2,1-2H3. The van der Waals surface area contributed by atoms with Crippen molar-refractivity contribution in [1.29, 1.82) is 0 Å². The minimum absolute atomic E-state index is 0.782. The highest BCUT2D eigenvalue weighted by Gasteiger charge is 2.13. The monoisotopic (exact) mass is 265 g/mol. The molecule has 96 valence electrons. The van der Waals surface area contributed by atoms with E-state index in [4.69, 9.17) is 9.26 Å². The van der Waals surface area contributed by atoms with Gasteiger partial charge in [0.1, 0.15) is 6.26 Å². The molecule has 1 heterocycles. The minimum atomic E-state index is -0.893. The summed E-state index contributed by atoms with van der Waals surface area (Å²) in [5.74, 6) is 0.927. The number of thioether (sulfide) groups is 1. The van der Waals surface area contributed by atoms with Crippen LogP contribution in [0.5, 0.6) is 0 Å². The second-order valence-corrected chi connectivity index (χ2v) is 4.99. The van der Waals surface area contributed by atoms with Crippen molar-refractivity contribution in [2.75, 3.05) is 12.9 Å². The molecule has 5 heteroatoms. The summed E-state index contributed by atoms with van der Waals surface area (Å²) < 4.78 is 9.80. The van der Waals surface area contributed by atoms with Crippen LogP contribution in [-0.2, 0) is 4.74 Å². The fraction of sp³-hybridized carbons (Fsp3) is 0.308. The zero-order valence-corrected chi connectivity index (χ0v) is 11.1. The quantitative estimate of drug-likeness (QED) is 0.665. The summed E-state index contributed by atoms with van der Waals surface area (Å²) in [7, 11) is 1.49. The van der Waals surface area contributed by atoms with Gasteiger partial charge < -0.3 is 14.4 Å². The van der Waals surface area contributed by atoms with Gasteiger partial charge in [-0.2, -0.15) is 0 Å². The van der Waals surface area contributed by atoms with E-state index in [9.17, 15) is 5.11 Å². The van der Waals surface area contributed by atoms with Crippen LogP contribution in [-0.4, -0.2) is 23.1 Å². The fourth-order valence-corrected chi connectivity index (χ4v) is 2.53. The van der Waals surface area contributed by atoms with Gasteiger partial charge >= 0.3 is 0 Å². The van der Waals surface area contributed by atoms with Gasteiger partial charge in [0.05, 0.1) is 6.20 Å². The molecule has 0 aliphatic carbocycles. The summed E-state index contributed by atoms with van der Waals surface area (Å²) in [6.45, 7) is 2.07. The molecule has 0 amide bonds. The Balaban J connectivity index is 2.40. The normalized spacial score (nSPS) is 12.6. The Morgan fingerprint density at radius 2 is 2.28 bits per heavy atom. The number of aliphatic hydroxyl groups excluding tert-OH is 1. The maximum atomic E-state index is 9.79. The topological polar surface area (TPSA) is 55.5 Å². The summed E-state index contributed by atoms with van der Waals surface area (Å²) in [5.41, 5.74) is 2.72. The second-order valence-electron chi connectivity index (χ2n) is 3.69. The molecule has 1 N–H and O–H groups in total. The molecule has 0 bridgehead atoms. The van der Waals surface area contributed by atoms with E-state index in [1.807, 2.05) is 18.2 Å². The zero-order chi connectivity index (χ0) is 13.0. The van der Waals surface area contributed by atoms with Crippen molar-refractivity contribution in [3.8, 4) is 11.1 Å². The van der Waals surface area contributed by atoms with Gasteiger partial charge in [-0.15, -0.1) is 11.8 Å². The Morgan fingerprint density at radius 3 is 2.89 bits per heavy atom. The highest BCUT2D eigenvalue weighted by atomic mass is 32.2. The number of benzene rings is 1. The number of rotatable bonds is 5. The third-order valence-corrected chi connectivity index (χ3v) is 3.52. The number of aromatic nitrogens is 1. The van der Waals surface area contributed by atoms with Crippen molar-refractivity contribution in [3.63, 3.8) is 0 Å². The molecule has 0 aliphatic rings. The first-order chi connectivity index (χ1) is 8.76. The summed E-state index contributed by atoms with van der Waals surface area (Å²) >= 11 is 1.67. The molecule has 0 saturated heterocycles. The van der Waals surface area contributed by atoms with Crippen molar-refractivity contribution in [2.24, 2.45) is 0 Å². The van der Waals surface area contributed by atoms with E-state index in [0.717, 1.165) is 27.3 Å². The fourth-order valence-electron chi connectivity index (χ4n) is 1.67. The van der Waals surface area contributed by atoms with Gasteiger partial charge in [-0.3, -0.25) is 0 Å². The van der Waals surface area contributed by atoms with Gasteiger partial charge in [0.25, 0.3) is 0 Å². The lowest BCUT2D eigenvalue weighted by atomic mass is 10.1. The van der Waals surface area contributed by atoms with Crippen LogP contribution in [0.3, 0.4) is 0 Å². The SMILES string of the molecule is CCSc1cc(-c2cnoc2)ccc1C(O)OC. The summed E-state index contributed by atoms with van der Waals surface area (Å²) in [5, 5.41) is 13.5. The third-order valence-electron chi connectivity index (χ3n) is 2.57. The molecule has 0 aliphatic heterocycles. The molecule has 0 saturated carbocycles. The maximum absolute atomic E-state index is 9.79. The van der Waals surface area contributed by atoms with Crippen LogP contribution in [0.4, 0.5) is 0 Å². The van der Waals surface area contributed by atoms with Gasteiger partial charge in [0, 0.05) is 23.1 Å². The highest BCUT2D eigenvalue weighted by Crippen LogP contribution is 2.32. The van der Waals surface area contributed by atoms with Gasteiger partial charge in [-0.25, -0.2) is 0 Å². The number of hydrogen-bond acceptors (Lipinski definition) is 5. The van der Waals surface area contributed by atoms with Crippen LogP contribution < -0.4 is 0 Å². The Kier molecular flexibility index (Phi) is 4.41. The Hall–Kier alpha value is -1.30. The summed E-state index contributed by atoms with van der Waals surface area (Å²) in [6, 6.07) is 5.80. The number of methoxy groups -OCH3 is 1. The van der Waals surface area contributed by atoms with Gasteiger partial charge in [0.15, 0.2) is 6.29 Å². The molecule has 1 unspecified atom stereocenters. The van der Waals surface area contributed by atoms with E-state index in [1.54, 1.807) is 24.2 Å². The van der Waals surface area contributed by atoms with E-state index in [2.05, 4.69) is 12.1 Å². The van der Waals surface area contributed by atoms with Crippen molar-refractivity contribution >= 4 is 11.8 Å². The smallest absolute Gasteiger partial charge is 0.181 e. The van der Waals surface area contributed by atoms with E-state index < -0.39 is 6.29 Å². The Bertz CT molecular complexity index is 499. The average Bonchev–Trinajstić information content (AvgIpc) is 2.92. The van der Waals surface area contributed by atoms with Gasteiger partial charge in [-0.1, -0.05) is 24.2 Å². The summed E-state index contributed by atoms with van der Waals surface area (Å²) in [4.78, 5) is 1.01. The zero-order valence-electron chi connectivity index (χ0n) is 10.3. The molecule has 0 radical (unpaired) electrons. The Morgan fingerprint density at radius 1 is 1.44 bits per heavy atom. The van der Waals surface area contributed by atoms with Crippen LogP contribution in [0.25, 0.3) is 11.1 Å². The van der Waals surface area contributed by atoms with E-state index in [-0.39, 0.29) is 0 Å². The lowest BCUT2D eigenvalue weighted by Crippen LogP contribution is -2.01. The summed E-state index contributed by atoms with van der Waals surface area (Å²) in [6.07, 6.45) is 2.38. The maximum Gasteiger partial charge on any atom is 0.181 e. The van der Waals surface area contributed by atoms with E-state index >= 15 is 0 Å². The predicted molar refractivity (Wildman–Crippen MR) is 70.3 cm³/mol. The lowest BCUT2D eigenvalue weighted by molar-refractivity contribution is -0.0786. The minimum Gasteiger partial charge on any atom is -0.364 e.